The van der Waals surface area contributed by atoms with Crippen molar-refractivity contribution in [2.24, 2.45) is 0 Å². The third kappa shape index (κ3) is 7.47. The van der Waals surface area contributed by atoms with Gasteiger partial charge in [-0.05, 0) is 30.5 Å². The molecule has 1 saturated carbocycles. The van der Waals surface area contributed by atoms with Crippen LogP contribution >= 0.6 is 0 Å². The van der Waals surface area contributed by atoms with Crippen LogP contribution in [0.4, 0.5) is 43.9 Å². The van der Waals surface area contributed by atoms with Gasteiger partial charge in [-0.25, -0.2) is 17.2 Å². The van der Waals surface area contributed by atoms with Gasteiger partial charge in [-0.2, -0.15) is 40.4 Å². The van der Waals surface area contributed by atoms with Crippen LogP contribution in [0.25, 0.3) is 0 Å². The van der Waals surface area contributed by atoms with E-state index < -0.39 is 91.5 Å². The third-order valence-corrected chi connectivity index (χ3v) is 7.74. The quantitative estimate of drug-likeness (QED) is 0.366. The maximum absolute atomic E-state index is 14.7. The molecule has 0 heterocycles. The largest absolute Gasteiger partial charge is 0.455 e. The number of nitrogens with one attached hydrogen (secondary N) is 2. The first-order chi connectivity index (χ1) is 18.7. The first-order valence-corrected chi connectivity index (χ1v) is 13.3. The summed E-state index contributed by atoms with van der Waals surface area (Å²) in [5, 5.41) is 12.7. The second-order valence-corrected chi connectivity index (χ2v) is 11.4. The average molecular weight is 619 g/mol. The summed E-state index contributed by atoms with van der Waals surface area (Å²) in [6, 6.07) is -0.523. The number of carbonyl (C=O) groups is 1. The van der Waals surface area contributed by atoms with Crippen molar-refractivity contribution in [2.45, 2.75) is 54.5 Å². The van der Waals surface area contributed by atoms with E-state index in [-0.39, 0.29) is 25.0 Å². The minimum atomic E-state index is -6.40. The van der Waals surface area contributed by atoms with Crippen molar-refractivity contribution in [1.82, 2.24) is 10.6 Å². The number of carbonyl (C=O) groups excluding carboxylic acids is 1. The van der Waals surface area contributed by atoms with Crippen LogP contribution in [0, 0.1) is 23.0 Å². The molecule has 17 heteroatoms. The van der Waals surface area contributed by atoms with Crippen LogP contribution in [0.15, 0.2) is 42.5 Å². The molecule has 1 aliphatic rings. The van der Waals surface area contributed by atoms with E-state index in [2.05, 4.69) is 0 Å². The van der Waals surface area contributed by atoms with Gasteiger partial charge in [0.1, 0.15) is 29.3 Å². The van der Waals surface area contributed by atoms with Gasteiger partial charge in [-0.3, -0.25) is 10.1 Å². The van der Waals surface area contributed by atoms with Gasteiger partial charge in [-0.1, -0.05) is 24.3 Å². The number of rotatable bonds is 10. The topological polar surface area (TPSA) is 99.1 Å². The number of nitrogens with zero attached hydrogens (tertiary/aromatic N) is 1. The number of amides is 1. The molecule has 1 aliphatic carbocycles. The summed E-state index contributed by atoms with van der Waals surface area (Å²) < 4.78 is 163. The maximum atomic E-state index is 14.7. The maximum Gasteiger partial charge on any atom is 0.455 e. The highest BCUT2D eigenvalue weighted by atomic mass is 32.2. The van der Waals surface area contributed by atoms with Crippen LogP contribution in [0.2, 0.25) is 0 Å². The third-order valence-electron chi connectivity index (χ3n) is 6.14. The molecule has 224 valence electrons. The van der Waals surface area contributed by atoms with Gasteiger partial charge in [0.15, 0.2) is 9.84 Å². The fraction of sp³-hybridized carbons (Fsp3) is 0.417. The van der Waals surface area contributed by atoms with Gasteiger partial charge >= 0.3 is 18.3 Å². The zero-order valence-electron chi connectivity index (χ0n) is 20.4. The fourth-order valence-electron chi connectivity index (χ4n) is 3.87. The van der Waals surface area contributed by atoms with Crippen molar-refractivity contribution in [3.8, 4) is 6.07 Å². The molecule has 0 bridgehead atoms. The molecule has 3 rings (SSSR count). The molecule has 1 unspecified atom stereocenters. The SMILES string of the molecule is N#CC1(NC(=O)C(CS(=O)(=O)Cc2ccccc2C(F)(F)F)N[C@H](c2ccc(F)cc2F)C(F)(F)C(F)(F)F)CC1. The van der Waals surface area contributed by atoms with Crippen molar-refractivity contribution in [2.75, 3.05) is 5.75 Å². The van der Waals surface area contributed by atoms with Gasteiger partial charge in [0.2, 0.25) is 5.91 Å². The van der Waals surface area contributed by atoms with Gasteiger partial charge in [-0.15, -0.1) is 0 Å². The van der Waals surface area contributed by atoms with Crippen molar-refractivity contribution >= 4 is 15.7 Å². The monoisotopic (exact) mass is 619 g/mol. The molecule has 2 aromatic rings. The average Bonchev–Trinajstić information content (AvgIpc) is 3.60. The Bertz CT molecular complexity index is 1450. The van der Waals surface area contributed by atoms with Crippen LogP contribution < -0.4 is 10.6 Å². The Morgan fingerprint density at radius 2 is 1.61 bits per heavy atom. The number of nitriles is 1. The Balaban J connectivity index is 2.06. The molecule has 0 saturated heterocycles. The summed E-state index contributed by atoms with van der Waals surface area (Å²) in [5.74, 6) is -13.8. The Hall–Kier alpha value is -3.39. The second kappa shape index (κ2) is 11.1. The lowest BCUT2D eigenvalue weighted by Crippen LogP contribution is -2.57. The number of hydrogen-bond donors (Lipinski definition) is 2. The molecule has 2 N–H and O–H groups in total. The molecule has 0 spiro atoms. The first-order valence-electron chi connectivity index (χ1n) is 11.5. The second-order valence-electron chi connectivity index (χ2n) is 9.33. The minimum Gasteiger partial charge on any atom is -0.336 e. The number of benzene rings is 2. The lowest BCUT2D eigenvalue weighted by atomic mass is 9.98. The highest BCUT2D eigenvalue weighted by Gasteiger charge is 2.64. The van der Waals surface area contributed by atoms with Crippen LogP contribution in [-0.2, 0) is 26.6 Å². The van der Waals surface area contributed by atoms with E-state index in [4.69, 9.17) is 0 Å². The highest BCUT2D eigenvalue weighted by Crippen LogP contribution is 2.45. The van der Waals surface area contributed by atoms with Gasteiger partial charge in [0, 0.05) is 11.6 Å². The van der Waals surface area contributed by atoms with Gasteiger partial charge < -0.3 is 5.32 Å². The fourth-order valence-corrected chi connectivity index (χ4v) is 5.47. The lowest BCUT2D eigenvalue weighted by molar-refractivity contribution is -0.295. The number of sulfone groups is 1. The van der Waals surface area contributed by atoms with Crippen LogP contribution in [0.3, 0.4) is 0 Å². The minimum absolute atomic E-state index is 0.0163. The van der Waals surface area contributed by atoms with E-state index in [1.165, 1.54) is 5.32 Å². The molecule has 2 atom stereocenters. The predicted octanol–water partition coefficient (Wildman–Crippen LogP) is 4.97. The molecule has 6 nitrogen and oxygen atoms in total. The Kier molecular flexibility index (Phi) is 8.71. The molecule has 0 aliphatic heterocycles. The van der Waals surface area contributed by atoms with Crippen molar-refractivity contribution < 1.29 is 57.1 Å². The lowest BCUT2D eigenvalue weighted by Gasteiger charge is -2.33. The molecular weight excluding hydrogens is 600 g/mol. The summed E-state index contributed by atoms with van der Waals surface area (Å²) >= 11 is 0. The smallest absolute Gasteiger partial charge is 0.336 e. The highest BCUT2D eigenvalue weighted by molar-refractivity contribution is 7.90. The van der Waals surface area contributed by atoms with E-state index >= 15 is 0 Å². The van der Waals surface area contributed by atoms with Crippen molar-refractivity contribution in [1.29, 1.82) is 5.26 Å². The summed E-state index contributed by atoms with van der Waals surface area (Å²) in [6.07, 6.45) is -11.4. The Morgan fingerprint density at radius 1 is 1.00 bits per heavy atom. The molecule has 2 aromatic carbocycles. The molecule has 1 amide bonds. The molecular formula is C24H19F10N3O3S. The molecule has 1 fully saturated rings. The normalized spacial score (nSPS) is 16.9. The summed E-state index contributed by atoms with van der Waals surface area (Å²) in [6.45, 7) is 0. The Labute approximate surface area is 226 Å². The standard InChI is InChI=1S/C24H19F10N3O3S/c25-14-5-6-15(17(26)9-14)19(22(27,28)24(32,33)34)36-18(20(38)37-21(12-35)7-8-21)11-41(39,40)10-13-3-1-2-4-16(13)23(29,30)31/h1-6,9,18-19,36H,7-8,10-11H2,(H,37,38)/t18?,19-/m1/s1. The number of halogens is 10. The van der Waals surface area contributed by atoms with Gasteiger partial charge in [0.05, 0.1) is 23.1 Å². The zero-order chi connectivity index (χ0) is 31.0. The first kappa shape index (κ1) is 32.1. The Morgan fingerprint density at radius 3 is 2.12 bits per heavy atom. The predicted molar refractivity (Wildman–Crippen MR) is 122 cm³/mol. The van der Waals surface area contributed by atoms with E-state index in [0.29, 0.717) is 12.1 Å². The van der Waals surface area contributed by atoms with Crippen molar-refractivity contribution in [3.05, 3.63) is 70.8 Å². The van der Waals surface area contributed by atoms with E-state index in [0.717, 1.165) is 18.2 Å². The van der Waals surface area contributed by atoms with Crippen LogP contribution in [-0.4, -0.2) is 43.8 Å². The summed E-state index contributed by atoms with van der Waals surface area (Å²) in [4.78, 5) is 12.9. The summed E-state index contributed by atoms with van der Waals surface area (Å²) in [7, 11) is -4.92. The van der Waals surface area contributed by atoms with E-state index in [1.54, 1.807) is 6.07 Å². The van der Waals surface area contributed by atoms with Crippen molar-refractivity contribution in [3.63, 3.8) is 0 Å². The van der Waals surface area contributed by atoms with Gasteiger partial charge in [0.25, 0.3) is 0 Å². The number of hydrogen-bond acceptors (Lipinski definition) is 5. The molecule has 41 heavy (non-hydrogen) atoms. The number of alkyl halides is 8. The molecule has 0 aromatic heterocycles. The van der Waals surface area contributed by atoms with Crippen LogP contribution in [0.1, 0.15) is 35.6 Å². The van der Waals surface area contributed by atoms with E-state index in [1.807, 2.05) is 5.32 Å². The zero-order valence-corrected chi connectivity index (χ0v) is 21.2. The van der Waals surface area contributed by atoms with Crippen LogP contribution in [0.5, 0.6) is 0 Å². The van der Waals surface area contributed by atoms with E-state index in [9.17, 15) is 62.4 Å². The summed E-state index contributed by atoms with van der Waals surface area (Å²) in [5.41, 5.74) is -5.27. The molecule has 0 radical (unpaired) electrons.